The van der Waals surface area contributed by atoms with Crippen LogP contribution < -0.4 is 5.73 Å². The largest absolute Gasteiger partial charge is 0.394 e. The normalized spacial score (nSPS) is 20.8. The fourth-order valence-electron chi connectivity index (χ4n) is 2.01. The molecule has 0 radical (unpaired) electrons. The molecule has 4 N–H and O–H groups in total. The summed E-state index contributed by atoms with van der Waals surface area (Å²) >= 11 is 0. The molecule has 0 amide bonds. The van der Waals surface area contributed by atoms with Gasteiger partial charge in [0.1, 0.15) is 11.5 Å². The molecule has 0 saturated carbocycles. The van der Waals surface area contributed by atoms with Crippen LogP contribution in [0, 0.1) is 5.41 Å². The minimum atomic E-state index is -0.104. The van der Waals surface area contributed by atoms with Crippen molar-refractivity contribution in [3.8, 4) is 0 Å². The number of aromatic nitrogens is 1. The van der Waals surface area contributed by atoms with Gasteiger partial charge in [-0.15, -0.1) is 0 Å². The second-order valence-corrected chi connectivity index (χ2v) is 4.37. The Kier molecular flexibility index (Phi) is 4.24. The van der Waals surface area contributed by atoms with E-state index in [0.717, 1.165) is 18.7 Å². The predicted octanol–water partition coefficient (Wildman–Crippen LogP) is -0.441. The lowest BCUT2D eigenvalue weighted by Gasteiger charge is -2.32. The topological polar surface area (TPSA) is 95.5 Å². The highest BCUT2D eigenvalue weighted by molar-refractivity contribution is 5.93. The summed E-state index contributed by atoms with van der Waals surface area (Å²) in [5.41, 5.74) is 6.98. The molecule has 98 valence electrons. The molecule has 1 unspecified atom stereocenters. The molecule has 2 heterocycles. The van der Waals surface area contributed by atoms with Crippen molar-refractivity contribution in [1.29, 1.82) is 5.41 Å². The highest BCUT2D eigenvalue weighted by atomic mass is 16.5. The number of aliphatic hydroxyl groups excluding tert-OH is 1. The number of amidine groups is 1. The molecular weight excluding hydrogens is 232 g/mol. The second-order valence-electron chi connectivity index (χ2n) is 4.37. The Hall–Kier alpha value is -1.50. The van der Waals surface area contributed by atoms with E-state index >= 15 is 0 Å². The van der Waals surface area contributed by atoms with Crippen LogP contribution in [0.4, 0.5) is 0 Å². The van der Waals surface area contributed by atoms with E-state index in [1.807, 2.05) is 12.1 Å². The van der Waals surface area contributed by atoms with Gasteiger partial charge in [0.25, 0.3) is 0 Å². The summed E-state index contributed by atoms with van der Waals surface area (Å²) in [4.78, 5) is 6.24. The van der Waals surface area contributed by atoms with Crippen molar-refractivity contribution in [2.24, 2.45) is 5.73 Å². The van der Waals surface area contributed by atoms with Gasteiger partial charge in [-0.1, -0.05) is 0 Å². The monoisotopic (exact) mass is 250 g/mol. The number of ether oxygens (including phenoxy) is 1. The number of hydrogen-bond acceptors (Lipinski definition) is 5. The Balaban J connectivity index is 2.00. The highest BCUT2D eigenvalue weighted by Gasteiger charge is 2.19. The molecule has 0 aliphatic carbocycles. The summed E-state index contributed by atoms with van der Waals surface area (Å²) in [5.74, 6) is -0.0212. The first-order valence-electron chi connectivity index (χ1n) is 5.93. The van der Waals surface area contributed by atoms with Crippen molar-refractivity contribution >= 4 is 5.84 Å². The number of rotatable bonds is 4. The van der Waals surface area contributed by atoms with Gasteiger partial charge in [-0.2, -0.15) is 0 Å². The van der Waals surface area contributed by atoms with Gasteiger partial charge < -0.3 is 15.6 Å². The molecule has 2 rings (SSSR count). The molecule has 1 atom stereocenters. The van der Waals surface area contributed by atoms with Crippen molar-refractivity contribution in [1.82, 2.24) is 9.88 Å². The predicted molar refractivity (Wildman–Crippen MR) is 67.4 cm³/mol. The second kappa shape index (κ2) is 5.90. The fourth-order valence-corrected chi connectivity index (χ4v) is 2.01. The van der Waals surface area contributed by atoms with Crippen LogP contribution in [0.15, 0.2) is 18.3 Å². The summed E-state index contributed by atoms with van der Waals surface area (Å²) in [7, 11) is 0. The minimum Gasteiger partial charge on any atom is -0.394 e. The lowest BCUT2D eigenvalue weighted by molar-refractivity contribution is -0.0551. The van der Waals surface area contributed by atoms with Crippen molar-refractivity contribution in [3.05, 3.63) is 29.6 Å². The number of nitrogens with two attached hydrogens (primary N) is 1. The maximum Gasteiger partial charge on any atom is 0.141 e. The molecular formula is C12H18N4O2. The first-order valence-corrected chi connectivity index (χ1v) is 5.93. The lowest BCUT2D eigenvalue weighted by atomic mass is 10.2. The quantitative estimate of drug-likeness (QED) is 0.497. The van der Waals surface area contributed by atoms with Crippen LogP contribution in [0.5, 0.6) is 0 Å². The minimum absolute atomic E-state index is 0.0212. The van der Waals surface area contributed by atoms with Crippen LogP contribution in [0.2, 0.25) is 0 Å². The van der Waals surface area contributed by atoms with E-state index in [-0.39, 0.29) is 18.5 Å². The van der Waals surface area contributed by atoms with E-state index in [0.29, 0.717) is 18.8 Å². The maximum atomic E-state index is 9.09. The zero-order valence-electron chi connectivity index (χ0n) is 10.2. The SMILES string of the molecule is N=C(N)c1cc(CN2CCOC(CO)C2)ccn1. The van der Waals surface area contributed by atoms with Crippen molar-refractivity contribution in [2.45, 2.75) is 12.6 Å². The molecule has 0 aromatic carbocycles. The van der Waals surface area contributed by atoms with Crippen LogP contribution >= 0.6 is 0 Å². The molecule has 18 heavy (non-hydrogen) atoms. The van der Waals surface area contributed by atoms with Crippen LogP contribution in [0.25, 0.3) is 0 Å². The van der Waals surface area contributed by atoms with E-state index in [1.54, 1.807) is 6.20 Å². The molecule has 1 aliphatic rings. The standard InChI is InChI=1S/C12H18N4O2/c13-12(14)11-5-9(1-2-15-11)6-16-3-4-18-10(7-16)8-17/h1-2,5,10,17H,3-4,6-8H2,(H3,13,14). The van der Waals surface area contributed by atoms with Gasteiger partial charge in [-0.3, -0.25) is 15.3 Å². The van der Waals surface area contributed by atoms with Gasteiger partial charge in [-0.05, 0) is 17.7 Å². The van der Waals surface area contributed by atoms with Gasteiger partial charge in [-0.25, -0.2) is 0 Å². The van der Waals surface area contributed by atoms with Gasteiger partial charge in [0.2, 0.25) is 0 Å². The number of nitrogens with one attached hydrogen (secondary N) is 1. The van der Waals surface area contributed by atoms with Gasteiger partial charge in [0.15, 0.2) is 0 Å². The Bertz CT molecular complexity index is 424. The van der Waals surface area contributed by atoms with Crippen LogP contribution in [0.3, 0.4) is 0 Å². The third-order valence-corrected chi connectivity index (χ3v) is 2.93. The first-order chi connectivity index (χ1) is 8.69. The molecule has 1 aromatic heterocycles. The lowest BCUT2D eigenvalue weighted by Crippen LogP contribution is -2.43. The average molecular weight is 250 g/mol. The first kappa shape index (κ1) is 12.9. The number of hydrogen-bond donors (Lipinski definition) is 3. The smallest absolute Gasteiger partial charge is 0.141 e. The van der Waals surface area contributed by atoms with Crippen molar-refractivity contribution in [3.63, 3.8) is 0 Å². The zero-order chi connectivity index (χ0) is 13.0. The van der Waals surface area contributed by atoms with E-state index < -0.39 is 0 Å². The van der Waals surface area contributed by atoms with Gasteiger partial charge >= 0.3 is 0 Å². The maximum absolute atomic E-state index is 9.09. The Morgan fingerprint density at radius 2 is 2.50 bits per heavy atom. The van der Waals surface area contributed by atoms with Crippen LogP contribution in [0.1, 0.15) is 11.3 Å². The number of morpholine rings is 1. The Morgan fingerprint density at radius 3 is 3.22 bits per heavy atom. The molecule has 1 fully saturated rings. The fraction of sp³-hybridized carbons (Fsp3) is 0.500. The molecule has 6 heteroatoms. The highest BCUT2D eigenvalue weighted by Crippen LogP contribution is 2.10. The Labute approximate surface area is 106 Å². The van der Waals surface area contributed by atoms with Crippen LogP contribution in [-0.2, 0) is 11.3 Å². The van der Waals surface area contributed by atoms with E-state index in [1.165, 1.54) is 0 Å². The summed E-state index contributed by atoms with van der Waals surface area (Å²) in [6, 6.07) is 3.74. The van der Waals surface area contributed by atoms with E-state index in [9.17, 15) is 0 Å². The summed E-state index contributed by atoms with van der Waals surface area (Å²) in [6.45, 7) is 2.99. The molecule has 6 nitrogen and oxygen atoms in total. The third kappa shape index (κ3) is 3.25. The molecule has 1 saturated heterocycles. The van der Waals surface area contributed by atoms with Crippen molar-refractivity contribution < 1.29 is 9.84 Å². The van der Waals surface area contributed by atoms with Gasteiger partial charge in [0, 0.05) is 25.8 Å². The molecule has 1 aliphatic heterocycles. The number of aliphatic hydroxyl groups is 1. The van der Waals surface area contributed by atoms with E-state index in [2.05, 4.69) is 9.88 Å². The van der Waals surface area contributed by atoms with Crippen LogP contribution in [-0.4, -0.2) is 53.2 Å². The average Bonchev–Trinajstić information content (AvgIpc) is 2.39. The van der Waals surface area contributed by atoms with Gasteiger partial charge in [0.05, 0.1) is 19.3 Å². The molecule has 0 spiro atoms. The number of nitrogen functional groups attached to an aromatic ring is 1. The third-order valence-electron chi connectivity index (χ3n) is 2.93. The molecule has 0 bridgehead atoms. The Morgan fingerprint density at radius 1 is 1.67 bits per heavy atom. The van der Waals surface area contributed by atoms with Crippen molar-refractivity contribution in [2.75, 3.05) is 26.3 Å². The number of nitrogens with zero attached hydrogens (tertiary/aromatic N) is 2. The zero-order valence-corrected chi connectivity index (χ0v) is 10.2. The summed E-state index contributed by atoms with van der Waals surface area (Å²) < 4.78 is 5.40. The van der Waals surface area contributed by atoms with E-state index in [4.69, 9.17) is 21.0 Å². The molecule has 1 aromatic rings. The number of pyridine rings is 1. The summed E-state index contributed by atoms with van der Waals surface area (Å²) in [6.07, 6.45) is 1.56. The summed E-state index contributed by atoms with van der Waals surface area (Å²) in [5, 5.41) is 16.4.